The lowest BCUT2D eigenvalue weighted by atomic mass is 10.1. The van der Waals surface area contributed by atoms with Gasteiger partial charge in [-0.1, -0.05) is 19.9 Å². The van der Waals surface area contributed by atoms with Gasteiger partial charge in [0, 0.05) is 17.4 Å². The minimum Gasteiger partial charge on any atom is -0.480 e. The van der Waals surface area contributed by atoms with Crippen LogP contribution < -0.4 is 0 Å². The summed E-state index contributed by atoms with van der Waals surface area (Å²) < 4.78 is 4.41. The van der Waals surface area contributed by atoms with Crippen molar-refractivity contribution < 1.29 is 19.4 Å². The first-order valence-electron chi connectivity index (χ1n) is 4.47. The Hall–Kier alpha value is -1.03. The van der Waals surface area contributed by atoms with Crippen LogP contribution in [0.15, 0.2) is 12.2 Å². The zero-order chi connectivity index (χ0) is 11.9. The van der Waals surface area contributed by atoms with Gasteiger partial charge in [-0.2, -0.15) is 0 Å². The molecular weight excluding hydrogens is 220 g/mol. The lowest BCUT2D eigenvalue weighted by molar-refractivity contribution is -0.138. The molecule has 0 heterocycles. The van der Waals surface area contributed by atoms with Gasteiger partial charge in [0.1, 0.15) is 0 Å². The average molecular weight is 233 g/mol. The Bertz CT molecular complexity index is 334. The molecule has 0 spiro atoms. The first-order valence-corrected chi connectivity index (χ1v) is 4.84. The zero-order valence-electron chi connectivity index (χ0n) is 8.78. The highest BCUT2D eigenvalue weighted by Gasteiger charge is 2.74. The van der Waals surface area contributed by atoms with Crippen LogP contribution in [0.25, 0.3) is 0 Å². The predicted octanol–water partition coefficient (Wildman–Crippen LogP) is 1.43. The third-order valence-corrected chi connectivity index (χ3v) is 3.88. The van der Waals surface area contributed by atoms with E-state index in [-0.39, 0.29) is 5.92 Å². The van der Waals surface area contributed by atoms with Crippen molar-refractivity contribution in [3.63, 3.8) is 0 Å². The summed E-state index contributed by atoms with van der Waals surface area (Å²) in [7, 11) is 1.26. The summed E-state index contributed by atoms with van der Waals surface area (Å²) in [6.45, 7) is 3.50. The van der Waals surface area contributed by atoms with E-state index in [2.05, 4.69) is 4.74 Å². The molecule has 2 unspecified atom stereocenters. The summed E-state index contributed by atoms with van der Waals surface area (Å²) in [6, 6.07) is 0. The van der Waals surface area contributed by atoms with Crippen molar-refractivity contribution in [1.29, 1.82) is 0 Å². The first-order chi connectivity index (χ1) is 6.78. The fourth-order valence-electron chi connectivity index (χ4n) is 1.77. The molecule has 0 aromatic rings. The van der Waals surface area contributed by atoms with E-state index in [0.29, 0.717) is 0 Å². The van der Waals surface area contributed by atoms with Gasteiger partial charge in [0.15, 0.2) is 4.87 Å². The highest BCUT2D eigenvalue weighted by atomic mass is 35.5. The molecule has 1 N–H and O–H groups in total. The van der Waals surface area contributed by atoms with Crippen molar-refractivity contribution in [2.45, 2.75) is 18.7 Å². The second kappa shape index (κ2) is 3.52. The maximum Gasteiger partial charge on any atom is 0.330 e. The smallest absolute Gasteiger partial charge is 0.330 e. The highest BCUT2D eigenvalue weighted by Crippen LogP contribution is 2.66. The van der Waals surface area contributed by atoms with Gasteiger partial charge >= 0.3 is 11.9 Å². The minimum atomic E-state index is -1.31. The number of aliphatic carboxylic acids is 1. The van der Waals surface area contributed by atoms with Gasteiger partial charge in [-0.3, -0.25) is 4.79 Å². The quantitative estimate of drug-likeness (QED) is 0.454. The van der Waals surface area contributed by atoms with E-state index < -0.39 is 22.2 Å². The molecule has 5 heteroatoms. The number of esters is 1. The minimum absolute atomic E-state index is 0.358. The Kier molecular flexibility index (Phi) is 2.83. The first kappa shape index (κ1) is 12.0. The number of rotatable bonds is 3. The molecule has 0 amide bonds. The second-order valence-electron chi connectivity index (χ2n) is 4.10. The topological polar surface area (TPSA) is 63.6 Å². The number of carboxylic acid groups (broad SMARTS) is 1. The third-order valence-electron chi connectivity index (χ3n) is 3.00. The largest absolute Gasteiger partial charge is 0.480 e. The van der Waals surface area contributed by atoms with Gasteiger partial charge < -0.3 is 9.84 Å². The van der Waals surface area contributed by atoms with Crippen molar-refractivity contribution >= 4 is 23.5 Å². The maximum atomic E-state index is 10.9. The van der Waals surface area contributed by atoms with Crippen molar-refractivity contribution in [2.24, 2.45) is 11.3 Å². The molecule has 0 bridgehead atoms. The van der Waals surface area contributed by atoms with Crippen molar-refractivity contribution in [3.8, 4) is 0 Å². The van der Waals surface area contributed by atoms with Crippen LogP contribution in [0, 0.1) is 11.3 Å². The van der Waals surface area contributed by atoms with E-state index in [1.165, 1.54) is 19.3 Å². The molecule has 0 aromatic carbocycles. The molecule has 0 aliphatic heterocycles. The van der Waals surface area contributed by atoms with E-state index in [1.54, 1.807) is 13.8 Å². The molecule has 15 heavy (non-hydrogen) atoms. The van der Waals surface area contributed by atoms with Crippen molar-refractivity contribution in [2.75, 3.05) is 7.11 Å². The Morgan fingerprint density at radius 1 is 1.47 bits per heavy atom. The summed E-state index contributed by atoms with van der Waals surface area (Å²) in [4.78, 5) is 20.5. The maximum absolute atomic E-state index is 10.9. The van der Waals surface area contributed by atoms with Crippen molar-refractivity contribution in [3.05, 3.63) is 12.2 Å². The number of hydrogen-bond donors (Lipinski definition) is 1. The monoisotopic (exact) mass is 232 g/mol. The van der Waals surface area contributed by atoms with Gasteiger partial charge in [0.05, 0.1) is 7.11 Å². The summed E-state index contributed by atoms with van der Waals surface area (Å²) in [5.41, 5.74) is -0.551. The van der Waals surface area contributed by atoms with Gasteiger partial charge in [-0.25, -0.2) is 4.79 Å². The Balaban J connectivity index is 2.80. The van der Waals surface area contributed by atoms with E-state index in [0.717, 1.165) is 0 Å². The van der Waals surface area contributed by atoms with Crippen LogP contribution in [0.4, 0.5) is 0 Å². The second-order valence-corrected chi connectivity index (χ2v) is 4.69. The van der Waals surface area contributed by atoms with Gasteiger partial charge in [0.25, 0.3) is 0 Å². The molecule has 1 rings (SSSR count). The molecule has 0 saturated heterocycles. The number of ether oxygens (including phenoxy) is 1. The SMILES string of the molecule is COC(=O)C=CC1C(C)(C)C1(Cl)C(=O)O. The van der Waals surface area contributed by atoms with Gasteiger partial charge in [-0.05, 0) is 0 Å². The van der Waals surface area contributed by atoms with Gasteiger partial charge in [0.2, 0.25) is 0 Å². The Labute approximate surface area is 92.9 Å². The normalized spacial score (nSPS) is 32.7. The molecule has 4 nitrogen and oxygen atoms in total. The molecule has 0 radical (unpaired) electrons. The van der Waals surface area contributed by atoms with E-state index in [4.69, 9.17) is 16.7 Å². The summed E-state index contributed by atoms with van der Waals surface area (Å²) in [5.74, 6) is -1.93. The van der Waals surface area contributed by atoms with Crippen LogP contribution in [0.2, 0.25) is 0 Å². The number of alkyl halides is 1. The number of halogens is 1. The molecule has 1 fully saturated rings. The number of hydrogen-bond acceptors (Lipinski definition) is 3. The van der Waals surface area contributed by atoms with Gasteiger partial charge in [-0.15, -0.1) is 11.6 Å². The van der Waals surface area contributed by atoms with Crippen LogP contribution in [0.5, 0.6) is 0 Å². The molecule has 1 aliphatic carbocycles. The number of carbonyl (C=O) groups is 2. The molecule has 2 atom stereocenters. The number of carbonyl (C=O) groups excluding carboxylic acids is 1. The summed E-state index contributed by atoms with van der Waals surface area (Å²) in [6.07, 6.45) is 2.70. The van der Waals surface area contributed by atoms with E-state index in [9.17, 15) is 9.59 Å². The van der Waals surface area contributed by atoms with Crippen LogP contribution >= 0.6 is 11.6 Å². The average Bonchev–Trinajstić information content (AvgIpc) is 2.59. The molecule has 1 aliphatic rings. The molecule has 84 valence electrons. The lowest BCUT2D eigenvalue weighted by Crippen LogP contribution is -2.21. The number of carboxylic acids is 1. The molecule has 0 aromatic heterocycles. The third kappa shape index (κ3) is 1.63. The number of allylic oxidation sites excluding steroid dienone is 1. The number of methoxy groups -OCH3 is 1. The summed E-state index contributed by atoms with van der Waals surface area (Å²) in [5, 5.41) is 8.96. The fraction of sp³-hybridized carbons (Fsp3) is 0.600. The van der Waals surface area contributed by atoms with Crippen LogP contribution in [-0.2, 0) is 14.3 Å². The van der Waals surface area contributed by atoms with E-state index in [1.807, 2.05) is 0 Å². The fourth-order valence-corrected chi connectivity index (χ4v) is 2.18. The zero-order valence-corrected chi connectivity index (χ0v) is 9.54. The summed E-state index contributed by atoms with van der Waals surface area (Å²) >= 11 is 5.96. The molecule has 1 saturated carbocycles. The van der Waals surface area contributed by atoms with Crippen LogP contribution in [0.3, 0.4) is 0 Å². The standard InChI is InChI=1S/C10H13ClO4/c1-9(2)6(4-5-7(12)15-3)10(9,11)8(13)14/h4-6H,1-3H3,(H,13,14). The lowest BCUT2D eigenvalue weighted by Gasteiger charge is -2.03. The van der Waals surface area contributed by atoms with E-state index >= 15 is 0 Å². The molecular formula is C10H13ClO4. The van der Waals surface area contributed by atoms with Crippen LogP contribution in [-0.4, -0.2) is 29.0 Å². The Morgan fingerprint density at radius 2 is 2.00 bits per heavy atom. The predicted molar refractivity (Wildman–Crippen MR) is 54.6 cm³/mol. The Morgan fingerprint density at radius 3 is 2.33 bits per heavy atom. The van der Waals surface area contributed by atoms with Crippen LogP contribution in [0.1, 0.15) is 13.8 Å². The highest BCUT2D eigenvalue weighted by molar-refractivity contribution is 6.37. The van der Waals surface area contributed by atoms with Crippen molar-refractivity contribution in [1.82, 2.24) is 0 Å².